The Morgan fingerprint density at radius 1 is 1.75 bits per heavy atom. The molecule has 48 valence electrons. The van der Waals surface area contributed by atoms with Crippen LogP contribution in [-0.4, -0.2) is 11.4 Å². The zero-order valence-electron chi connectivity index (χ0n) is 4.97. The fourth-order valence-electron chi connectivity index (χ4n) is 0.259. The number of carbonyl (C=O) groups is 1. The lowest BCUT2D eigenvalue weighted by atomic mass is 10.5. The van der Waals surface area contributed by atoms with Crippen LogP contribution >= 0.6 is 9.24 Å². The van der Waals surface area contributed by atoms with Crippen molar-refractivity contribution in [3.63, 3.8) is 0 Å². The summed E-state index contributed by atoms with van der Waals surface area (Å²) in [6, 6.07) is 0. The van der Waals surface area contributed by atoms with E-state index in [2.05, 4.69) is 14.0 Å². The lowest BCUT2D eigenvalue weighted by Crippen LogP contribution is -2.24. The number of carbonyl (C=O) groups excluding carboxylic acids is 1. The van der Waals surface area contributed by atoms with Crippen molar-refractivity contribution in [2.45, 2.75) is 19.2 Å². The summed E-state index contributed by atoms with van der Waals surface area (Å²) in [4.78, 5) is 10.0. The topological polar surface area (TPSA) is 52.3 Å². The maximum atomic E-state index is 10.0. The first-order valence-corrected chi connectivity index (χ1v) is 2.77. The number of primary amides is 1. The van der Waals surface area contributed by atoms with Gasteiger partial charge in [-0.05, 0) is 13.8 Å². The molecule has 0 aliphatic carbocycles. The third-order valence-corrected chi connectivity index (χ3v) is 0.481. The van der Waals surface area contributed by atoms with E-state index in [1.807, 2.05) is 0 Å². The summed E-state index contributed by atoms with van der Waals surface area (Å²) in [5.41, 5.74) is 4.70. The molecule has 2 N–H and O–H groups in total. The van der Waals surface area contributed by atoms with Crippen molar-refractivity contribution in [3.05, 3.63) is 0 Å². The van der Waals surface area contributed by atoms with Gasteiger partial charge in [0.2, 0.25) is 0 Å². The van der Waals surface area contributed by atoms with Crippen LogP contribution in [0.15, 0.2) is 0 Å². The molecule has 0 bridgehead atoms. The number of hydrogen-bond acceptors (Lipinski definition) is 2. The molecule has 0 spiro atoms. The molecule has 0 aromatic rings. The van der Waals surface area contributed by atoms with Gasteiger partial charge in [0.05, 0.1) is 0 Å². The Kier molecular flexibility index (Phi) is 2.23. The van der Waals surface area contributed by atoms with E-state index in [9.17, 15) is 4.79 Å². The van der Waals surface area contributed by atoms with Crippen molar-refractivity contribution < 1.29 is 9.53 Å². The first-order chi connectivity index (χ1) is 3.42. The second kappa shape index (κ2) is 2.31. The van der Waals surface area contributed by atoms with Crippen LogP contribution in [-0.2, 0) is 4.74 Å². The lowest BCUT2D eigenvalue weighted by Gasteiger charge is -2.16. The second-order valence-electron chi connectivity index (χ2n) is 2.02. The maximum Gasteiger partial charge on any atom is 0.405 e. The minimum absolute atomic E-state index is 0.536. The van der Waals surface area contributed by atoms with E-state index in [0.29, 0.717) is 0 Å². The standard InChI is InChI=1S/C4H10NO2P/c1-4(2,8)7-3(5)6/h8H2,1-2H3,(H2,5,6). The van der Waals surface area contributed by atoms with Crippen molar-refractivity contribution in [2.75, 3.05) is 0 Å². The molecule has 0 aliphatic rings. The summed E-state index contributed by atoms with van der Waals surface area (Å²) >= 11 is 0. The normalized spacial score (nSPS) is 10.9. The summed E-state index contributed by atoms with van der Waals surface area (Å²) in [5, 5.41) is -0.536. The Hall–Kier alpha value is -0.300. The number of hydrogen-bond donors (Lipinski definition) is 1. The Balaban J connectivity index is 3.55. The molecule has 1 amide bonds. The van der Waals surface area contributed by atoms with Gasteiger partial charge in [-0.1, -0.05) is 9.24 Å². The third-order valence-electron chi connectivity index (χ3n) is 0.364. The molecule has 0 radical (unpaired) electrons. The van der Waals surface area contributed by atoms with E-state index in [1.165, 1.54) is 0 Å². The number of amides is 1. The molecule has 1 unspecified atom stereocenters. The SMILES string of the molecule is CC(C)(P)OC(N)=O. The molecule has 0 aromatic carbocycles. The first kappa shape index (κ1) is 7.70. The first-order valence-electron chi connectivity index (χ1n) is 2.19. The molecule has 1 atom stereocenters. The maximum absolute atomic E-state index is 10.0. The van der Waals surface area contributed by atoms with Gasteiger partial charge in [-0.3, -0.25) is 0 Å². The van der Waals surface area contributed by atoms with Gasteiger partial charge in [-0.2, -0.15) is 0 Å². The number of rotatable bonds is 1. The van der Waals surface area contributed by atoms with E-state index in [1.54, 1.807) is 13.8 Å². The van der Waals surface area contributed by atoms with Gasteiger partial charge in [-0.25, -0.2) is 4.79 Å². The van der Waals surface area contributed by atoms with E-state index in [4.69, 9.17) is 5.73 Å². The Morgan fingerprint density at radius 3 is 2.12 bits per heavy atom. The van der Waals surface area contributed by atoms with Crippen molar-refractivity contribution >= 4 is 15.3 Å². The fourth-order valence-corrected chi connectivity index (χ4v) is 0.375. The molecule has 0 saturated carbocycles. The largest absolute Gasteiger partial charge is 0.440 e. The predicted molar refractivity (Wildman–Crippen MR) is 34.5 cm³/mol. The van der Waals surface area contributed by atoms with Crippen LogP contribution in [0, 0.1) is 0 Å². The van der Waals surface area contributed by atoms with Crippen molar-refractivity contribution in [1.82, 2.24) is 0 Å². The van der Waals surface area contributed by atoms with E-state index in [-0.39, 0.29) is 0 Å². The minimum atomic E-state index is -0.745. The molecule has 0 aliphatic heterocycles. The van der Waals surface area contributed by atoms with Gasteiger partial charge >= 0.3 is 6.09 Å². The van der Waals surface area contributed by atoms with E-state index < -0.39 is 11.4 Å². The second-order valence-corrected chi connectivity index (χ2v) is 3.41. The molecule has 0 saturated heterocycles. The third kappa shape index (κ3) is 5.70. The average Bonchev–Trinajstić information content (AvgIpc) is 1.21. The highest BCUT2D eigenvalue weighted by molar-refractivity contribution is 7.18. The highest BCUT2D eigenvalue weighted by atomic mass is 31.0. The van der Waals surface area contributed by atoms with E-state index >= 15 is 0 Å². The van der Waals surface area contributed by atoms with Crippen molar-refractivity contribution in [1.29, 1.82) is 0 Å². The van der Waals surface area contributed by atoms with Gasteiger partial charge in [-0.15, -0.1) is 0 Å². The van der Waals surface area contributed by atoms with Gasteiger partial charge in [0.15, 0.2) is 0 Å². The predicted octanol–water partition coefficient (Wildman–Crippen LogP) is 0.693. The van der Waals surface area contributed by atoms with Gasteiger partial charge in [0.1, 0.15) is 5.34 Å². The van der Waals surface area contributed by atoms with E-state index in [0.717, 1.165) is 0 Å². The average molecular weight is 135 g/mol. The molecule has 0 heterocycles. The van der Waals surface area contributed by atoms with Crippen molar-refractivity contribution in [2.24, 2.45) is 5.73 Å². The zero-order valence-corrected chi connectivity index (χ0v) is 6.13. The quantitative estimate of drug-likeness (QED) is 0.538. The Bertz CT molecular complexity index is 96.7. The highest BCUT2D eigenvalue weighted by Crippen LogP contribution is 2.16. The van der Waals surface area contributed by atoms with Crippen LogP contribution in [0.5, 0.6) is 0 Å². The lowest BCUT2D eigenvalue weighted by molar-refractivity contribution is 0.106. The monoisotopic (exact) mass is 135 g/mol. The molecule has 0 rings (SSSR count). The number of ether oxygens (including phenoxy) is 1. The van der Waals surface area contributed by atoms with Gasteiger partial charge in [0, 0.05) is 0 Å². The van der Waals surface area contributed by atoms with Crippen LogP contribution in [0.3, 0.4) is 0 Å². The molecule has 0 aromatic heterocycles. The van der Waals surface area contributed by atoms with Crippen LogP contribution in [0.1, 0.15) is 13.8 Å². The van der Waals surface area contributed by atoms with Gasteiger partial charge in [0.25, 0.3) is 0 Å². The summed E-state index contributed by atoms with van der Waals surface area (Å²) in [6.45, 7) is 3.45. The molecule has 3 nitrogen and oxygen atoms in total. The van der Waals surface area contributed by atoms with Crippen LogP contribution < -0.4 is 5.73 Å². The highest BCUT2D eigenvalue weighted by Gasteiger charge is 2.12. The minimum Gasteiger partial charge on any atom is -0.440 e. The molecular weight excluding hydrogens is 125 g/mol. The summed E-state index contributed by atoms with van der Waals surface area (Å²) in [6.07, 6.45) is -0.745. The summed E-state index contributed by atoms with van der Waals surface area (Å²) < 4.78 is 4.54. The smallest absolute Gasteiger partial charge is 0.405 e. The Morgan fingerprint density at radius 2 is 2.12 bits per heavy atom. The molecule has 0 fully saturated rings. The zero-order chi connectivity index (χ0) is 6.78. The summed E-state index contributed by atoms with van der Waals surface area (Å²) in [7, 11) is 2.34. The molecule has 4 heteroatoms. The molecule has 8 heavy (non-hydrogen) atoms. The van der Waals surface area contributed by atoms with Gasteiger partial charge < -0.3 is 10.5 Å². The fraction of sp³-hybridized carbons (Fsp3) is 0.750. The van der Waals surface area contributed by atoms with Crippen LogP contribution in [0.4, 0.5) is 4.79 Å². The van der Waals surface area contributed by atoms with Crippen LogP contribution in [0.2, 0.25) is 0 Å². The van der Waals surface area contributed by atoms with Crippen LogP contribution in [0.25, 0.3) is 0 Å². The number of nitrogens with two attached hydrogens (primary N) is 1. The summed E-state index contributed by atoms with van der Waals surface area (Å²) in [5.74, 6) is 0. The molecular formula is C4H10NO2P. The Labute approximate surface area is 50.8 Å². The van der Waals surface area contributed by atoms with Crippen molar-refractivity contribution in [3.8, 4) is 0 Å².